The lowest BCUT2D eigenvalue weighted by Crippen LogP contribution is -1.98. The third-order valence-corrected chi connectivity index (χ3v) is 3.79. The molecule has 0 saturated carbocycles. The molecule has 82 valence electrons. The van der Waals surface area contributed by atoms with Gasteiger partial charge in [-0.2, -0.15) is 11.3 Å². The number of thioether (sulfide) groups is 1. The van der Waals surface area contributed by atoms with Crippen LogP contribution in [-0.2, 0) is 0 Å². The summed E-state index contributed by atoms with van der Waals surface area (Å²) < 4.78 is 0. The van der Waals surface area contributed by atoms with Gasteiger partial charge in [0.25, 0.3) is 0 Å². The van der Waals surface area contributed by atoms with Crippen LogP contribution in [0.1, 0.15) is 22.8 Å². The molecular weight excluding hydrogens is 236 g/mol. The number of ketones is 1. The van der Waals surface area contributed by atoms with E-state index in [2.05, 4.69) is 6.92 Å². The molecular formula is C13H12OS2. The monoisotopic (exact) mass is 248 g/mol. The van der Waals surface area contributed by atoms with Crippen molar-refractivity contribution in [2.24, 2.45) is 0 Å². The largest absolute Gasteiger partial charge is 0.289 e. The summed E-state index contributed by atoms with van der Waals surface area (Å²) in [7, 11) is 0. The second-order valence-corrected chi connectivity index (χ2v) is 5.42. The van der Waals surface area contributed by atoms with E-state index in [9.17, 15) is 4.79 Å². The van der Waals surface area contributed by atoms with Crippen LogP contribution < -0.4 is 0 Å². The number of rotatable bonds is 4. The third kappa shape index (κ3) is 2.54. The summed E-state index contributed by atoms with van der Waals surface area (Å²) in [5.41, 5.74) is 1.54. The number of carbonyl (C=O) groups excluding carboxylic acids is 1. The second-order valence-electron chi connectivity index (χ2n) is 3.30. The van der Waals surface area contributed by atoms with E-state index < -0.39 is 0 Å². The molecule has 0 aliphatic carbocycles. The maximum absolute atomic E-state index is 12.0. The average molecular weight is 248 g/mol. The SMILES string of the molecule is CCSc1ccc(C(=O)c2ccsc2)cc1. The van der Waals surface area contributed by atoms with Gasteiger partial charge >= 0.3 is 0 Å². The molecule has 0 atom stereocenters. The summed E-state index contributed by atoms with van der Waals surface area (Å²) in [5, 5.41) is 3.81. The van der Waals surface area contributed by atoms with Crippen molar-refractivity contribution in [1.29, 1.82) is 0 Å². The van der Waals surface area contributed by atoms with Crippen LogP contribution in [0.2, 0.25) is 0 Å². The summed E-state index contributed by atoms with van der Waals surface area (Å²) in [4.78, 5) is 13.2. The van der Waals surface area contributed by atoms with E-state index in [1.807, 2.05) is 41.1 Å². The van der Waals surface area contributed by atoms with Gasteiger partial charge in [-0.05, 0) is 41.5 Å². The lowest BCUT2D eigenvalue weighted by atomic mass is 10.1. The fourth-order valence-corrected chi connectivity index (χ4v) is 2.73. The molecule has 0 amide bonds. The van der Waals surface area contributed by atoms with Crippen LogP contribution in [0.25, 0.3) is 0 Å². The minimum absolute atomic E-state index is 0.106. The first-order chi connectivity index (χ1) is 7.81. The maximum atomic E-state index is 12.0. The molecule has 1 heterocycles. The lowest BCUT2D eigenvalue weighted by molar-refractivity contribution is 0.103. The Labute approximate surface area is 104 Å². The highest BCUT2D eigenvalue weighted by Gasteiger charge is 2.08. The molecule has 1 aromatic carbocycles. The summed E-state index contributed by atoms with van der Waals surface area (Å²) in [6, 6.07) is 9.68. The number of hydrogen-bond donors (Lipinski definition) is 0. The summed E-state index contributed by atoms with van der Waals surface area (Å²) in [6.07, 6.45) is 0. The van der Waals surface area contributed by atoms with Crippen LogP contribution in [0, 0.1) is 0 Å². The molecule has 0 N–H and O–H groups in total. The zero-order chi connectivity index (χ0) is 11.4. The van der Waals surface area contributed by atoms with E-state index in [1.165, 1.54) is 4.90 Å². The van der Waals surface area contributed by atoms with Gasteiger partial charge in [-0.15, -0.1) is 11.8 Å². The van der Waals surface area contributed by atoms with Gasteiger partial charge in [-0.3, -0.25) is 4.79 Å². The molecule has 0 radical (unpaired) electrons. The fraction of sp³-hybridized carbons (Fsp3) is 0.154. The molecule has 16 heavy (non-hydrogen) atoms. The molecule has 0 fully saturated rings. The van der Waals surface area contributed by atoms with E-state index in [0.717, 1.165) is 16.9 Å². The minimum atomic E-state index is 0.106. The Bertz CT molecular complexity index is 457. The van der Waals surface area contributed by atoms with E-state index >= 15 is 0 Å². The Balaban J connectivity index is 2.19. The van der Waals surface area contributed by atoms with E-state index in [1.54, 1.807) is 23.1 Å². The summed E-state index contributed by atoms with van der Waals surface area (Å²) in [6.45, 7) is 2.12. The molecule has 1 nitrogen and oxygen atoms in total. The van der Waals surface area contributed by atoms with Gasteiger partial charge in [0.15, 0.2) is 5.78 Å². The van der Waals surface area contributed by atoms with Gasteiger partial charge < -0.3 is 0 Å². The highest BCUT2D eigenvalue weighted by molar-refractivity contribution is 7.99. The second kappa shape index (κ2) is 5.32. The average Bonchev–Trinajstić information content (AvgIpc) is 2.83. The van der Waals surface area contributed by atoms with Crippen molar-refractivity contribution in [1.82, 2.24) is 0 Å². The Kier molecular flexibility index (Phi) is 3.80. The number of thiophene rings is 1. The summed E-state index contributed by atoms with van der Waals surface area (Å²) in [5.74, 6) is 1.16. The number of hydrogen-bond acceptors (Lipinski definition) is 3. The molecule has 0 bridgehead atoms. The molecule has 2 aromatic rings. The van der Waals surface area contributed by atoms with Crippen LogP contribution in [0.3, 0.4) is 0 Å². The van der Waals surface area contributed by atoms with Crippen LogP contribution in [0.5, 0.6) is 0 Å². The van der Waals surface area contributed by atoms with Crippen molar-refractivity contribution in [3.63, 3.8) is 0 Å². The van der Waals surface area contributed by atoms with Crippen LogP contribution >= 0.6 is 23.1 Å². The molecule has 3 heteroatoms. The van der Waals surface area contributed by atoms with Gasteiger partial charge in [-0.1, -0.05) is 6.92 Å². The molecule has 2 rings (SSSR count). The van der Waals surface area contributed by atoms with Crippen molar-refractivity contribution >= 4 is 28.9 Å². The third-order valence-electron chi connectivity index (χ3n) is 2.21. The van der Waals surface area contributed by atoms with Gasteiger partial charge in [-0.25, -0.2) is 0 Å². The zero-order valence-electron chi connectivity index (χ0n) is 8.97. The molecule has 0 spiro atoms. The topological polar surface area (TPSA) is 17.1 Å². The van der Waals surface area contributed by atoms with Crippen molar-refractivity contribution < 1.29 is 4.79 Å². The highest BCUT2D eigenvalue weighted by Crippen LogP contribution is 2.19. The van der Waals surface area contributed by atoms with Crippen molar-refractivity contribution in [3.8, 4) is 0 Å². The molecule has 0 saturated heterocycles. The van der Waals surface area contributed by atoms with Crippen molar-refractivity contribution in [2.45, 2.75) is 11.8 Å². The molecule has 0 aliphatic rings. The first kappa shape index (κ1) is 11.4. The number of benzene rings is 1. The molecule has 0 aliphatic heterocycles. The van der Waals surface area contributed by atoms with Gasteiger partial charge in [0.2, 0.25) is 0 Å². The van der Waals surface area contributed by atoms with Crippen molar-refractivity contribution in [3.05, 3.63) is 52.2 Å². The van der Waals surface area contributed by atoms with Gasteiger partial charge in [0.1, 0.15) is 0 Å². The smallest absolute Gasteiger partial charge is 0.193 e. The predicted molar refractivity (Wildman–Crippen MR) is 70.6 cm³/mol. The van der Waals surface area contributed by atoms with E-state index in [0.29, 0.717) is 0 Å². The van der Waals surface area contributed by atoms with Crippen LogP contribution in [0.4, 0.5) is 0 Å². The fourth-order valence-electron chi connectivity index (χ4n) is 1.43. The maximum Gasteiger partial charge on any atom is 0.193 e. The predicted octanol–water partition coefficient (Wildman–Crippen LogP) is 4.09. The first-order valence-corrected chi connectivity index (χ1v) is 7.04. The molecule has 1 aromatic heterocycles. The Morgan fingerprint density at radius 1 is 1.19 bits per heavy atom. The standard InChI is InChI=1S/C13H12OS2/c1-2-16-12-5-3-10(4-6-12)13(14)11-7-8-15-9-11/h3-9H,2H2,1H3. The lowest BCUT2D eigenvalue weighted by Gasteiger charge is -2.01. The Hall–Kier alpha value is -1.06. The van der Waals surface area contributed by atoms with Crippen molar-refractivity contribution in [2.75, 3.05) is 5.75 Å². The van der Waals surface area contributed by atoms with Gasteiger partial charge in [0, 0.05) is 21.4 Å². The quantitative estimate of drug-likeness (QED) is 0.599. The zero-order valence-corrected chi connectivity index (χ0v) is 10.6. The highest BCUT2D eigenvalue weighted by atomic mass is 32.2. The Morgan fingerprint density at radius 2 is 1.94 bits per heavy atom. The normalized spacial score (nSPS) is 10.3. The van der Waals surface area contributed by atoms with Crippen LogP contribution in [0.15, 0.2) is 46.0 Å². The minimum Gasteiger partial charge on any atom is -0.289 e. The van der Waals surface area contributed by atoms with Crippen LogP contribution in [-0.4, -0.2) is 11.5 Å². The number of carbonyl (C=O) groups is 1. The first-order valence-electron chi connectivity index (χ1n) is 5.11. The van der Waals surface area contributed by atoms with Gasteiger partial charge in [0.05, 0.1) is 0 Å². The molecule has 0 unspecified atom stereocenters. The van der Waals surface area contributed by atoms with E-state index in [-0.39, 0.29) is 5.78 Å². The van der Waals surface area contributed by atoms with E-state index in [4.69, 9.17) is 0 Å². The summed E-state index contributed by atoms with van der Waals surface area (Å²) >= 11 is 3.33. The Morgan fingerprint density at radius 3 is 2.50 bits per heavy atom.